The number of benzene rings is 1. The predicted octanol–water partition coefficient (Wildman–Crippen LogP) is 0.0305. The Labute approximate surface area is 87.0 Å². The molecular weight excluding hydrogens is 197 g/mol. The van der Waals surface area contributed by atoms with Gasteiger partial charge >= 0.3 is 7.12 Å². The minimum absolute atomic E-state index is 0.312. The van der Waals surface area contributed by atoms with Crippen LogP contribution >= 0.6 is 0 Å². The summed E-state index contributed by atoms with van der Waals surface area (Å²) in [5.74, 6) is 0. The van der Waals surface area contributed by atoms with E-state index in [2.05, 4.69) is 0 Å². The molecule has 15 heavy (non-hydrogen) atoms. The van der Waals surface area contributed by atoms with E-state index in [1.165, 1.54) is 0 Å². The van der Waals surface area contributed by atoms with Gasteiger partial charge in [0.25, 0.3) is 0 Å². The second-order valence-corrected chi connectivity index (χ2v) is 3.62. The van der Waals surface area contributed by atoms with Crippen molar-refractivity contribution >= 4 is 12.6 Å². The molecule has 1 atom stereocenters. The lowest BCUT2D eigenvalue weighted by molar-refractivity contribution is -0.490. The molecule has 2 rings (SSSR count). The molecule has 1 aromatic carbocycles. The Balaban J connectivity index is 2.33. The molecule has 6 heteroatoms. The molecule has 1 aliphatic rings. The van der Waals surface area contributed by atoms with Crippen molar-refractivity contribution in [3.63, 3.8) is 0 Å². The Bertz CT molecular complexity index is 409. The van der Waals surface area contributed by atoms with E-state index in [0.29, 0.717) is 11.0 Å². The lowest BCUT2D eigenvalue weighted by Gasteiger charge is -2.06. The summed E-state index contributed by atoms with van der Waals surface area (Å²) in [4.78, 5) is 9.94. The topological polar surface area (TPSA) is 72.6 Å². The van der Waals surface area contributed by atoms with Crippen molar-refractivity contribution in [2.45, 2.75) is 13.0 Å². The molecule has 0 amide bonds. The molecule has 0 fully saturated rings. The number of aryl methyl sites for hydroxylation is 1. The first kappa shape index (κ1) is 10.1. The standard InChI is InChI=1S/C9H10BNO4/c1-6-2-3-7-8(4-6)10(12)15-9(7)5-11(13)14/h2-4,9,12H,5H2,1H3. The van der Waals surface area contributed by atoms with Crippen molar-refractivity contribution in [2.75, 3.05) is 6.54 Å². The molecule has 1 aliphatic heterocycles. The molecule has 0 aromatic heterocycles. The Morgan fingerprint density at radius 2 is 2.40 bits per heavy atom. The van der Waals surface area contributed by atoms with E-state index in [4.69, 9.17) is 4.65 Å². The zero-order chi connectivity index (χ0) is 11.0. The molecule has 0 saturated heterocycles. The third-order valence-corrected chi connectivity index (χ3v) is 2.46. The second kappa shape index (κ2) is 3.64. The highest BCUT2D eigenvalue weighted by Gasteiger charge is 2.37. The number of hydrogen-bond acceptors (Lipinski definition) is 4. The predicted molar refractivity (Wildman–Crippen MR) is 54.5 cm³/mol. The summed E-state index contributed by atoms with van der Waals surface area (Å²) >= 11 is 0. The molecular formula is C9H10BNO4. The summed E-state index contributed by atoms with van der Waals surface area (Å²) in [6, 6.07) is 5.42. The van der Waals surface area contributed by atoms with E-state index in [1.54, 1.807) is 12.1 Å². The smallest absolute Gasteiger partial charge is 0.423 e. The van der Waals surface area contributed by atoms with Gasteiger partial charge in [0.2, 0.25) is 6.54 Å². The maximum Gasteiger partial charge on any atom is 0.492 e. The molecule has 0 radical (unpaired) electrons. The SMILES string of the molecule is Cc1ccc2c(c1)B(O)OC2C[N+](=O)[O-]. The van der Waals surface area contributed by atoms with E-state index >= 15 is 0 Å². The van der Waals surface area contributed by atoms with Gasteiger partial charge in [0.05, 0.1) is 0 Å². The van der Waals surface area contributed by atoms with Crippen molar-refractivity contribution in [1.82, 2.24) is 0 Å². The van der Waals surface area contributed by atoms with Gasteiger partial charge in [-0.05, 0) is 17.9 Å². The van der Waals surface area contributed by atoms with Crippen LogP contribution in [0, 0.1) is 17.0 Å². The first-order chi connectivity index (χ1) is 7.08. The summed E-state index contributed by atoms with van der Waals surface area (Å²) in [5.41, 5.74) is 2.35. The monoisotopic (exact) mass is 207 g/mol. The maximum absolute atomic E-state index is 10.4. The fourth-order valence-electron chi connectivity index (χ4n) is 1.78. The molecule has 78 valence electrons. The van der Waals surface area contributed by atoms with Crippen LogP contribution in [0.3, 0.4) is 0 Å². The summed E-state index contributed by atoms with van der Waals surface area (Å²) in [6.45, 7) is 1.58. The first-order valence-electron chi connectivity index (χ1n) is 4.63. The third-order valence-electron chi connectivity index (χ3n) is 2.46. The average molecular weight is 207 g/mol. The average Bonchev–Trinajstić information content (AvgIpc) is 2.42. The summed E-state index contributed by atoms with van der Waals surface area (Å²) in [7, 11) is -1.04. The Morgan fingerprint density at radius 1 is 1.67 bits per heavy atom. The van der Waals surface area contributed by atoms with Crippen LogP contribution in [0.2, 0.25) is 0 Å². The van der Waals surface area contributed by atoms with Gasteiger partial charge in [-0.25, -0.2) is 0 Å². The maximum atomic E-state index is 10.4. The number of hydrogen-bond donors (Lipinski definition) is 1. The van der Waals surface area contributed by atoms with Crippen molar-refractivity contribution in [3.8, 4) is 0 Å². The Kier molecular flexibility index (Phi) is 2.46. The third kappa shape index (κ3) is 1.86. The molecule has 5 nitrogen and oxygen atoms in total. The first-order valence-corrected chi connectivity index (χ1v) is 4.63. The van der Waals surface area contributed by atoms with Crippen LogP contribution in [0.4, 0.5) is 0 Å². The molecule has 1 unspecified atom stereocenters. The van der Waals surface area contributed by atoms with E-state index in [1.807, 2.05) is 13.0 Å². The number of rotatable bonds is 2. The highest BCUT2D eigenvalue weighted by atomic mass is 16.6. The zero-order valence-electron chi connectivity index (χ0n) is 8.21. The van der Waals surface area contributed by atoms with E-state index in [-0.39, 0.29) is 6.54 Å². The zero-order valence-corrected chi connectivity index (χ0v) is 8.21. The van der Waals surface area contributed by atoms with Crippen LogP contribution in [0.1, 0.15) is 17.2 Å². The molecule has 0 saturated carbocycles. The molecule has 0 aliphatic carbocycles. The summed E-state index contributed by atoms with van der Waals surface area (Å²) in [5, 5.41) is 19.9. The van der Waals surface area contributed by atoms with Gasteiger partial charge in [-0.1, -0.05) is 23.8 Å². The Morgan fingerprint density at radius 3 is 3.07 bits per heavy atom. The molecule has 0 spiro atoms. The van der Waals surface area contributed by atoms with Crippen LogP contribution in [-0.4, -0.2) is 23.6 Å². The summed E-state index contributed by atoms with van der Waals surface area (Å²) in [6.07, 6.45) is -0.634. The van der Waals surface area contributed by atoms with Crippen LogP contribution in [0.25, 0.3) is 0 Å². The summed E-state index contributed by atoms with van der Waals surface area (Å²) < 4.78 is 5.11. The quantitative estimate of drug-likeness (QED) is 0.421. The van der Waals surface area contributed by atoms with Gasteiger partial charge in [-0.15, -0.1) is 0 Å². The minimum Gasteiger partial charge on any atom is -0.423 e. The largest absolute Gasteiger partial charge is 0.492 e. The van der Waals surface area contributed by atoms with Crippen molar-refractivity contribution in [1.29, 1.82) is 0 Å². The molecule has 1 heterocycles. The number of nitro groups is 1. The molecule has 1 aromatic rings. The van der Waals surface area contributed by atoms with Crippen LogP contribution in [0.5, 0.6) is 0 Å². The lowest BCUT2D eigenvalue weighted by atomic mass is 9.78. The minimum atomic E-state index is -1.04. The number of fused-ring (bicyclic) bond motifs is 1. The Hall–Kier alpha value is -1.40. The lowest BCUT2D eigenvalue weighted by Crippen LogP contribution is -2.28. The fraction of sp³-hybridized carbons (Fsp3) is 0.333. The van der Waals surface area contributed by atoms with Gasteiger partial charge in [-0.3, -0.25) is 10.1 Å². The number of nitrogens with zero attached hydrogens (tertiary/aromatic N) is 1. The van der Waals surface area contributed by atoms with Gasteiger partial charge in [0.1, 0.15) is 6.10 Å². The highest BCUT2D eigenvalue weighted by molar-refractivity contribution is 6.61. The van der Waals surface area contributed by atoms with E-state index < -0.39 is 18.1 Å². The highest BCUT2D eigenvalue weighted by Crippen LogP contribution is 2.23. The van der Waals surface area contributed by atoms with Gasteiger partial charge in [-0.2, -0.15) is 0 Å². The van der Waals surface area contributed by atoms with E-state index in [9.17, 15) is 15.1 Å². The molecule has 0 bridgehead atoms. The van der Waals surface area contributed by atoms with Crippen molar-refractivity contribution in [3.05, 3.63) is 39.4 Å². The van der Waals surface area contributed by atoms with Crippen molar-refractivity contribution < 1.29 is 14.6 Å². The van der Waals surface area contributed by atoms with Crippen molar-refractivity contribution in [2.24, 2.45) is 0 Å². The van der Waals surface area contributed by atoms with Crippen LogP contribution < -0.4 is 5.46 Å². The van der Waals surface area contributed by atoms with Crippen LogP contribution in [0.15, 0.2) is 18.2 Å². The second-order valence-electron chi connectivity index (χ2n) is 3.62. The van der Waals surface area contributed by atoms with Gasteiger partial charge < -0.3 is 9.68 Å². The van der Waals surface area contributed by atoms with Gasteiger partial charge in [0, 0.05) is 4.92 Å². The van der Waals surface area contributed by atoms with Gasteiger partial charge in [0.15, 0.2) is 0 Å². The molecule has 1 N–H and O–H groups in total. The normalized spacial score (nSPS) is 19.1. The van der Waals surface area contributed by atoms with Crippen LogP contribution in [-0.2, 0) is 4.65 Å². The fourth-order valence-corrected chi connectivity index (χ4v) is 1.78. The van der Waals surface area contributed by atoms with E-state index in [0.717, 1.165) is 5.56 Å².